The summed E-state index contributed by atoms with van der Waals surface area (Å²) in [6, 6.07) is 19.2. The van der Waals surface area contributed by atoms with Gasteiger partial charge in [0.25, 0.3) is 17.7 Å². The van der Waals surface area contributed by atoms with Gasteiger partial charge in [-0.1, -0.05) is 23.7 Å². The third-order valence-corrected chi connectivity index (χ3v) is 10.9. The molecule has 8 rings (SSSR count). The molecule has 0 spiro atoms. The number of benzene rings is 2. The number of aliphatic hydroxyl groups excluding tert-OH is 2. The summed E-state index contributed by atoms with van der Waals surface area (Å²) in [5, 5.41) is 57.6. The van der Waals surface area contributed by atoms with Gasteiger partial charge in [0.2, 0.25) is 11.2 Å². The number of amides is 3. The minimum atomic E-state index is -1.75. The van der Waals surface area contributed by atoms with Crippen LogP contribution in [0, 0.1) is 35.0 Å². The van der Waals surface area contributed by atoms with Crippen molar-refractivity contribution in [2.45, 2.75) is 49.9 Å². The first-order chi connectivity index (χ1) is 31.5. The molecular formula is C47H49N11O9. The summed E-state index contributed by atoms with van der Waals surface area (Å²) in [6.45, 7) is 4.19. The molecule has 9 N–H and O–H groups in total. The van der Waals surface area contributed by atoms with Crippen LogP contribution >= 0.6 is 0 Å². The van der Waals surface area contributed by atoms with E-state index in [0.717, 1.165) is 7.11 Å². The van der Waals surface area contributed by atoms with E-state index in [0.29, 0.717) is 68.8 Å². The first-order valence-corrected chi connectivity index (χ1v) is 20.4. The van der Waals surface area contributed by atoms with Crippen LogP contribution in [0.4, 0.5) is 0 Å². The molecule has 0 radical (unpaired) electrons. The number of methoxy groups -OCH3 is 1. The molecule has 0 bridgehead atoms. The molecule has 67 heavy (non-hydrogen) atoms. The fraction of sp³-hybridized carbons (Fsp3) is 0.298. The molecule has 2 saturated heterocycles. The smallest absolute Gasteiger partial charge is 0.359 e. The molecule has 2 aliphatic rings. The molecule has 20 heteroatoms. The van der Waals surface area contributed by atoms with Crippen LogP contribution in [0.2, 0.25) is 0 Å². The van der Waals surface area contributed by atoms with Gasteiger partial charge in [-0.15, -0.1) is 0 Å². The number of primary amides is 1. The van der Waals surface area contributed by atoms with Gasteiger partial charge in [0.15, 0.2) is 22.7 Å². The maximum Gasteiger partial charge on any atom is 0.359 e. The van der Waals surface area contributed by atoms with Crippen LogP contribution in [0.15, 0.2) is 73.1 Å². The molecule has 6 heterocycles. The fourth-order valence-electron chi connectivity index (χ4n) is 7.21. The summed E-state index contributed by atoms with van der Waals surface area (Å²) >= 11 is 0. The molecular weight excluding hydrogens is 863 g/mol. The number of likely N-dealkylation sites (tertiary alicyclic amines) is 2. The number of ether oxygens (including phenoxy) is 1. The molecule has 4 atom stereocenters. The first-order valence-electron chi connectivity index (χ1n) is 20.4. The first kappa shape index (κ1) is 50.0. The lowest BCUT2D eigenvalue weighted by molar-refractivity contribution is -0.138. The Labute approximate surface area is 384 Å². The van der Waals surface area contributed by atoms with Crippen LogP contribution < -0.4 is 11.9 Å². The van der Waals surface area contributed by atoms with Gasteiger partial charge < -0.3 is 46.8 Å². The zero-order valence-electron chi connectivity index (χ0n) is 37.6. The number of aliphatic hydroxyl groups is 4. The number of nitrogens with two attached hydrogens (primary N) is 1. The number of nitrogens with zero attached hydrogens (tertiary/aromatic N) is 9. The van der Waals surface area contributed by atoms with Crippen molar-refractivity contribution in [1.29, 1.82) is 5.26 Å². The van der Waals surface area contributed by atoms with Gasteiger partial charge in [-0.05, 0) is 85.6 Å². The van der Waals surface area contributed by atoms with Crippen molar-refractivity contribution in [2.75, 3.05) is 41.4 Å². The summed E-state index contributed by atoms with van der Waals surface area (Å²) in [5.41, 5.74) is 6.23. The molecule has 0 saturated carbocycles. The molecule has 6 aromatic rings. The van der Waals surface area contributed by atoms with Crippen molar-refractivity contribution in [3.63, 3.8) is 0 Å². The molecule has 2 unspecified atom stereocenters. The van der Waals surface area contributed by atoms with Gasteiger partial charge in [0.1, 0.15) is 0 Å². The standard InChI is InChI=1S/C23H20N6O3.C23H22N4O5.CH4O.H3N/c1-14(13-24)16-10-15(5-6-23(32)7-9-28(2)22(23)31)11-17(12-16)29-21-18(4-3-8-26-21)19(27-29)20(25)30;1-14(28)16-11-15(6-7-23(31)8-10-26(2)22(23)30)12-17(13-16)27-20-18(5-4-9-24-20)19(25-27)21(29)32-3;1-2;/h3-4,8,10-12,14,32H,7,9H2,1-2H3,(H2,25,30);4-5,9,11-14,28,31H,8,10H2,1-3H3;2H,1H3;1H3/t2*14?,23-;;/m00../s1. The number of likely N-dealkylation sites (N-methyl/N-ethyl adjacent to an activating group) is 2. The Hall–Kier alpha value is -8.03. The van der Waals surface area contributed by atoms with Crippen LogP contribution in [0.5, 0.6) is 0 Å². The highest BCUT2D eigenvalue weighted by molar-refractivity contribution is 6.03. The minimum Gasteiger partial charge on any atom is -0.464 e. The lowest BCUT2D eigenvalue weighted by atomic mass is 9.98. The predicted molar refractivity (Wildman–Crippen MR) is 244 cm³/mol. The van der Waals surface area contributed by atoms with Crippen LogP contribution in [-0.4, -0.2) is 136 Å². The maximum absolute atomic E-state index is 12.2. The SMILES string of the molecule is CC(C#N)c1cc(C#C[C@]2(O)CCN(C)C2=O)cc(-n2nc(C(N)=O)c3cccnc32)c1.CO.COC(=O)c1nn(-c2cc(C#C[C@]3(O)CCN(C)C3=O)cc(C(C)O)c2)c2ncccc12.N. The van der Waals surface area contributed by atoms with E-state index in [1.807, 2.05) is 0 Å². The van der Waals surface area contributed by atoms with Gasteiger partial charge in [-0.25, -0.2) is 24.1 Å². The van der Waals surface area contributed by atoms with Gasteiger partial charge in [0, 0.05) is 70.7 Å². The highest BCUT2D eigenvalue weighted by atomic mass is 16.5. The summed E-state index contributed by atoms with van der Waals surface area (Å²) < 4.78 is 7.78. The van der Waals surface area contributed by atoms with E-state index in [1.54, 1.807) is 101 Å². The van der Waals surface area contributed by atoms with Crippen molar-refractivity contribution >= 4 is 45.8 Å². The largest absolute Gasteiger partial charge is 0.464 e. The van der Waals surface area contributed by atoms with Crippen molar-refractivity contribution in [3.8, 4) is 41.1 Å². The minimum absolute atomic E-state index is 0. The van der Waals surface area contributed by atoms with Crippen molar-refractivity contribution < 1.29 is 44.3 Å². The number of hydrogen-bond donors (Lipinski definition) is 6. The zero-order chi connectivity index (χ0) is 48.1. The number of carbonyl (C=O) groups is 4. The lowest BCUT2D eigenvalue weighted by Crippen LogP contribution is -2.37. The Morgan fingerprint density at radius 1 is 0.776 bits per heavy atom. The topological polar surface area (TPSA) is 311 Å². The third-order valence-electron chi connectivity index (χ3n) is 10.9. The van der Waals surface area contributed by atoms with Crippen molar-refractivity contribution in [3.05, 3.63) is 107 Å². The van der Waals surface area contributed by atoms with E-state index >= 15 is 0 Å². The number of nitriles is 1. The van der Waals surface area contributed by atoms with E-state index in [4.69, 9.17) is 15.6 Å². The average Bonchev–Trinajstić information content (AvgIpc) is 4.06. The summed E-state index contributed by atoms with van der Waals surface area (Å²) in [7, 11) is 5.50. The van der Waals surface area contributed by atoms with Crippen molar-refractivity contribution in [2.24, 2.45) is 5.73 Å². The van der Waals surface area contributed by atoms with Crippen LogP contribution in [0.3, 0.4) is 0 Å². The van der Waals surface area contributed by atoms with Gasteiger partial charge in [0.05, 0.1) is 47.3 Å². The summed E-state index contributed by atoms with van der Waals surface area (Å²) in [4.78, 5) is 60.1. The van der Waals surface area contributed by atoms with E-state index in [-0.39, 0.29) is 30.4 Å². The predicted octanol–water partition coefficient (Wildman–Crippen LogP) is 2.07. The molecule has 2 fully saturated rings. The molecule has 20 nitrogen and oxygen atoms in total. The second kappa shape index (κ2) is 20.4. The number of carbonyl (C=O) groups excluding carboxylic acids is 4. The number of hydrogen-bond acceptors (Lipinski definition) is 15. The third kappa shape index (κ3) is 10.1. The molecule has 346 valence electrons. The quantitative estimate of drug-likeness (QED) is 0.103. The molecule has 3 amide bonds. The zero-order valence-corrected chi connectivity index (χ0v) is 37.6. The maximum atomic E-state index is 12.2. The van der Waals surface area contributed by atoms with E-state index < -0.39 is 46.9 Å². The number of pyridine rings is 2. The Morgan fingerprint density at radius 3 is 1.64 bits per heavy atom. The summed E-state index contributed by atoms with van der Waals surface area (Å²) in [6.07, 6.45) is 2.78. The lowest BCUT2D eigenvalue weighted by Gasteiger charge is -2.13. The second-order valence-electron chi connectivity index (χ2n) is 15.5. The second-order valence-corrected chi connectivity index (χ2v) is 15.5. The normalized spacial score (nSPS) is 18.2. The van der Waals surface area contributed by atoms with Crippen LogP contribution in [-0.2, 0) is 14.3 Å². The van der Waals surface area contributed by atoms with Gasteiger partial charge in [-0.2, -0.15) is 15.5 Å². The Kier molecular flexibility index (Phi) is 15.2. The van der Waals surface area contributed by atoms with E-state index in [1.165, 1.54) is 26.3 Å². The molecule has 0 aliphatic carbocycles. The highest BCUT2D eigenvalue weighted by Crippen LogP contribution is 2.28. The average molecular weight is 912 g/mol. The van der Waals surface area contributed by atoms with E-state index in [9.17, 15) is 39.8 Å². The number of rotatable bonds is 6. The molecule has 4 aromatic heterocycles. The Morgan fingerprint density at radius 2 is 1.22 bits per heavy atom. The van der Waals surface area contributed by atoms with Gasteiger partial charge >= 0.3 is 5.97 Å². The fourth-order valence-corrected chi connectivity index (χ4v) is 7.21. The van der Waals surface area contributed by atoms with E-state index in [2.05, 4.69) is 49.9 Å². The van der Waals surface area contributed by atoms with Gasteiger partial charge in [-0.3, -0.25) is 14.4 Å². The molecule has 2 aromatic carbocycles. The molecule has 2 aliphatic heterocycles. The summed E-state index contributed by atoms with van der Waals surface area (Å²) in [5.74, 6) is 8.48. The highest BCUT2D eigenvalue weighted by Gasteiger charge is 2.43. The van der Waals surface area contributed by atoms with Crippen LogP contribution in [0.1, 0.15) is 81.9 Å². The van der Waals surface area contributed by atoms with Crippen LogP contribution in [0.25, 0.3) is 33.4 Å². The number of fused-ring (bicyclic) bond motifs is 2. The monoisotopic (exact) mass is 911 g/mol. The number of esters is 1. The number of aromatic nitrogens is 6. The van der Waals surface area contributed by atoms with Crippen molar-refractivity contribution in [1.82, 2.24) is 45.5 Å². The Bertz CT molecular complexity index is 3060. The Balaban J connectivity index is 0.000000238.